The lowest BCUT2D eigenvalue weighted by Gasteiger charge is -2.02. The summed E-state index contributed by atoms with van der Waals surface area (Å²) in [5, 5.41) is 0. The fourth-order valence-corrected chi connectivity index (χ4v) is 0.936. The molecule has 0 fully saturated rings. The highest BCUT2D eigenvalue weighted by atomic mass is 32.2. The molecule has 0 aliphatic rings. The number of hydrogen-bond donors (Lipinski definition) is 0. The molecule has 0 unspecified atom stereocenters. The zero-order valence-corrected chi connectivity index (χ0v) is 7.14. The van der Waals surface area contributed by atoms with Gasteiger partial charge in [-0.05, 0) is 12.1 Å². The van der Waals surface area contributed by atoms with Crippen molar-refractivity contribution in [2.75, 3.05) is 12.4 Å². The summed E-state index contributed by atoms with van der Waals surface area (Å²) in [4.78, 5) is 0. The summed E-state index contributed by atoms with van der Waals surface area (Å²) in [6.45, 7) is 0.734. The first kappa shape index (κ1) is 8.47. The maximum absolute atomic E-state index is 5.39. The van der Waals surface area contributed by atoms with E-state index in [0.717, 1.165) is 18.1 Å². The van der Waals surface area contributed by atoms with E-state index >= 15 is 0 Å². The molecular weight excluding hydrogens is 156 g/mol. The fraction of sp³-hybridized carbons (Fsp3) is 0.222. The third kappa shape index (κ3) is 3.33. The predicted molar refractivity (Wildman–Crippen MR) is 49.8 cm³/mol. The summed E-state index contributed by atoms with van der Waals surface area (Å²) in [6, 6.07) is 9.81. The molecule has 59 valence electrons. The minimum Gasteiger partial charge on any atom is -0.493 e. The van der Waals surface area contributed by atoms with Gasteiger partial charge in [0.2, 0.25) is 0 Å². The molecule has 1 nitrogen and oxygen atoms in total. The van der Waals surface area contributed by atoms with Crippen molar-refractivity contribution < 1.29 is 4.74 Å². The van der Waals surface area contributed by atoms with Crippen LogP contribution in [0.3, 0.4) is 0 Å². The van der Waals surface area contributed by atoms with E-state index in [1.54, 1.807) is 11.8 Å². The molecule has 1 rings (SSSR count). The van der Waals surface area contributed by atoms with Gasteiger partial charge in [-0.15, -0.1) is 0 Å². The first-order chi connectivity index (χ1) is 5.43. The third-order valence-electron chi connectivity index (χ3n) is 1.24. The molecule has 0 saturated carbocycles. The quantitative estimate of drug-likeness (QED) is 0.637. The minimum atomic E-state index is 0.734. The Hall–Kier alpha value is -0.630. The molecule has 0 spiro atoms. The maximum atomic E-state index is 5.39. The number of thioether (sulfide) groups is 1. The second-order valence-corrected chi connectivity index (χ2v) is 2.89. The van der Waals surface area contributed by atoms with Crippen LogP contribution < -0.4 is 4.74 Å². The third-order valence-corrected chi connectivity index (χ3v) is 1.69. The molecular formula is C9H11OS. The Morgan fingerprint density at radius 3 is 2.64 bits per heavy atom. The Morgan fingerprint density at radius 1 is 1.27 bits per heavy atom. The van der Waals surface area contributed by atoms with Crippen molar-refractivity contribution in [1.29, 1.82) is 0 Å². The van der Waals surface area contributed by atoms with Gasteiger partial charge in [-0.25, -0.2) is 0 Å². The Morgan fingerprint density at radius 2 is 2.00 bits per heavy atom. The van der Waals surface area contributed by atoms with Crippen molar-refractivity contribution in [1.82, 2.24) is 0 Å². The summed E-state index contributed by atoms with van der Waals surface area (Å²) in [5.74, 6) is 1.87. The largest absolute Gasteiger partial charge is 0.493 e. The standard InChI is InChI=1S/C9H11OS/c1-11-8-7-10-9-5-3-2-4-6-9/h2-6H,1,7-8H2. The molecule has 0 amide bonds. The van der Waals surface area contributed by atoms with E-state index in [9.17, 15) is 0 Å². The van der Waals surface area contributed by atoms with Gasteiger partial charge < -0.3 is 4.74 Å². The number of hydrogen-bond acceptors (Lipinski definition) is 2. The lowest BCUT2D eigenvalue weighted by atomic mass is 10.3. The topological polar surface area (TPSA) is 9.23 Å². The molecule has 0 saturated heterocycles. The molecule has 1 aromatic rings. The Labute approximate surface area is 71.8 Å². The van der Waals surface area contributed by atoms with E-state index in [0.29, 0.717) is 0 Å². The van der Waals surface area contributed by atoms with Gasteiger partial charge in [0.25, 0.3) is 0 Å². The van der Waals surface area contributed by atoms with Gasteiger partial charge >= 0.3 is 0 Å². The van der Waals surface area contributed by atoms with Gasteiger partial charge in [0.15, 0.2) is 0 Å². The Balaban J connectivity index is 2.28. The second kappa shape index (κ2) is 5.08. The average molecular weight is 167 g/mol. The summed E-state index contributed by atoms with van der Waals surface area (Å²) in [5.41, 5.74) is 0. The van der Waals surface area contributed by atoms with Gasteiger partial charge in [0.1, 0.15) is 5.75 Å². The van der Waals surface area contributed by atoms with Crippen LogP contribution in [-0.4, -0.2) is 12.4 Å². The summed E-state index contributed by atoms with van der Waals surface area (Å²) in [6.07, 6.45) is 3.65. The van der Waals surface area contributed by atoms with Crippen molar-refractivity contribution in [3.05, 3.63) is 36.6 Å². The number of para-hydroxylation sites is 1. The van der Waals surface area contributed by atoms with Crippen molar-refractivity contribution in [2.24, 2.45) is 0 Å². The molecule has 1 radical (unpaired) electrons. The van der Waals surface area contributed by atoms with Gasteiger partial charge in [-0.1, -0.05) is 18.2 Å². The second-order valence-electron chi connectivity index (χ2n) is 2.07. The van der Waals surface area contributed by atoms with Crippen LogP contribution in [0.5, 0.6) is 5.75 Å². The average Bonchev–Trinajstić information content (AvgIpc) is 2.07. The molecule has 0 N–H and O–H groups in total. The first-order valence-electron chi connectivity index (χ1n) is 3.48. The highest BCUT2D eigenvalue weighted by Gasteiger charge is 1.88. The van der Waals surface area contributed by atoms with Crippen LogP contribution >= 0.6 is 11.8 Å². The van der Waals surface area contributed by atoms with Gasteiger partial charge in [-0.3, -0.25) is 0 Å². The summed E-state index contributed by atoms with van der Waals surface area (Å²) >= 11 is 1.55. The molecule has 11 heavy (non-hydrogen) atoms. The summed E-state index contributed by atoms with van der Waals surface area (Å²) < 4.78 is 5.39. The predicted octanol–water partition coefficient (Wildman–Crippen LogP) is 2.59. The van der Waals surface area contributed by atoms with Crippen molar-refractivity contribution in [2.45, 2.75) is 0 Å². The lowest BCUT2D eigenvalue weighted by Crippen LogP contribution is -1.98. The van der Waals surface area contributed by atoms with Crippen LogP contribution in [0.1, 0.15) is 0 Å². The first-order valence-corrected chi connectivity index (χ1v) is 4.64. The molecule has 0 aliphatic carbocycles. The molecule has 0 aliphatic heterocycles. The van der Waals surface area contributed by atoms with Crippen molar-refractivity contribution in [3.63, 3.8) is 0 Å². The van der Waals surface area contributed by atoms with Crippen LogP contribution in [0, 0.1) is 6.26 Å². The number of rotatable bonds is 4. The normalized spacial score (nSPS) is 9.55. The van der Waals surface area contributed by atoms with E-state index < -0.39 is 0 Å². The van der Waals surface area contributed by atoms with Crippen LogP contribution in [0.25, 0.3) is 0 Å². The molecule has 0 atom stereocenters. The smallest absolute Gasteiger partial charge is 0.119 e. The number of ether oxygens (including phenoxy) is 1. The van der Waals surface area contributed by atoms with Gasteiger partial charge in [0, 0.05) is 12.0 Å². The fourth-order valence-electron chi connectivity index (χ4n) is 0.735. The van der Waals surface area contributed by atoms with Crippen LogP contribution in [0.15, 0.2) is 30.3 Å². The highest BCUT2D eigenvalue weighted by molar-refractivity contribution is 8.00. The van der Waals surface area contributed by atoms with Crippen LogP contribution in [0.2, 0.25) is 0 Å². The van der Waals surface area contributed by atoms with Crippen LogP contribution in [-0.2, 0) is 0 Å². The lowest BCUT2D eigenvalue weighted by molar-refractivity contribution is 0.344. The highest BCUT2D eigenvalue weighted by Crippen LogP contribution is 2.08. The van der Waals surface area contributed by atoms with E-state index in [2.05, 4.69) is 6.26 Å². The van der Waals surface area contributed by atoms with Crippen molar-refractivity contribution in [3.8, 4) is 5.75 Å². The molecule has 1 aromatic carbocycles. The molecule has 2 heteroatoms. The van der Waals surface area contributed by atoms with E-state index in [4.69, 9.17) is 4.74 Å². The Bertz CT molecular complexity index is 186. The van der Waals surface area contributed by atoms with Gasteiger partial charge in [-0.2, -0.15) is 11.8 Å². The van der Waals surface area contributed by atoms with E-state index in [1.165, 1.54) is 0 Å². The summed E-state index contributed by atoms with van der Waals surface area (Å²) in [7, 11) is 0. The molecule has 0 heterocycles. The van der Waals surface area contributed by atoms with Gasteiger partial charge in [0.05, 0.1) is 6.61 Å². The minimum absolute atomic E-state index is 0.734. The van der Waals surface area contributed by atoms with E-state index in [-0.39, 0.29) is 0 Å². The van der Waals surface area contributed by atoms with E-state index in [1.807, 2.05) is 30.3 Å². The Kier molecular flexibility index (Phi) is 3.91. The molecule has 0 aromatic heterocycles. The zero-order chi connectivity index (χ0) is 7.94. The maximum Gasteiger partial charge on any atom is 0.119 e. The monoisotopic (exact) mass is 167 g/mol. The van der Waals surface area contributed by atoms with Crippen LogP contribution in [0.4, 0.5) is 0 Å². The SMILES string of the molecule is [CH2]SCCOc1ccccc1. The zero-order valence-electron chi connectivity index (χ0n) is 6.32. The number of benzene rings is 1. The van der Waals surface area contributed by atoms with Crippen molar-refractivity contribution >= 4 is 11.8 Å². The molecule has 0 bridgehead atoms.